The number of benzene rings is 1. The number of nitrogens with zero attached hydrogens (tertiary/aromatic N) is 2. The average Bonchev–Trinajstić information content (AvgIpc) is 2.39. The lowest BCUT2D eigenvalue weighted by Gasteiger charge is -2.36. The zero-order valence-electron chi connectivity index (χ0n) is 13.5. The lowest BCUT2D eigenvalue weighted by Crippen LogP contribution is -2.37. The lowest BCUT2D eigenvalue weighted by atomic mass is 9.95. The normalized spacial score (nSPS) is 18.3. The highest BCUT2D eigenvalue weighted by Gasteiger charge is 2.21. The fourth-order valence-corrected chi connectivity index (χ4v) is 3.44. The van der Waals surface area contributed by atoms with Crippen molar-refractivity contribution < 1.29 is 0 Å². The molecule has 0 spiro atoms. The van der Waals surface area contributed by atoms with E-state index < -0.39 is 0 Å². The average molecular weight is 310 g/mol. The second-order valence-corrected chi connectivity index (χ2v) is 7.08. The summed E-state index contributed by atoms with van der Waals surface area (Å²) in [6.45, 7) is 5.51. The van der Waals surface area contributed by atoms with Crippen molar-refractivity contribution in [3.8, 4) is 0 Å². The zero-order valence-corrected chi connectivity index (χ0v) is 14.2. The number of piperidine rings is 1. The Morgan fingerprint density at radius 3 is 2.57 bits per heavy atom. The highest BCUT2D eigenvalue weighted by molar-refractivity contribution is 6.30. The van der Waals surface area contributed by atoms with Gasteiger partial charge < -0.3 is 15.5 Å². The molecule has 1 aromatic rings. The van der Waals surface area contributed by atoms with Crippen LogP contribution in [0, 0.1) is 5.92 Å². The predicted octanol–water partition coefficient (Wildman–Crippen LogP) is 3.01. The molecule has 2 rings (SSSR count). The Morgan fingerprint density at radius 1 is 1.33 bits per heavy atom. The molecule has 0 saturated carbocycles. The van der Waals surface area contributed by atoms with E-state index in [4.69, 9.17) is 17.3 Å². The van der Waals surface area contributed by atoms with Crippen molar-refractivity contribution in [3.05, 3.63) is 28.8 Å². The van der Waals surface area contributed by atoms with Gasteiger partial charge in [0.15, 0.2) is 0 Å². The van der Waals surface area contributed by atoms with E-state index in [0.29, 0.717) is 0 Å². The molecule has 3 nitrogen and oxygen atoms in total. The summed E-state index contributed by atoms with van der Waals surface area (Å²) in [5, 5.41) is 0.803. The number of halogens is 1. The molecular formula is C17H28ClN3. The van der Waals surface area contributed by atoms with Crippen LogP contribution in [0.5, 0.6) is 0 Å². The summed E-state index contributed by atoms with van der Waals surface area (Å²) in [5.74, 6) is 0.820. The molecule has 118 valence electrons. The molecular weight excluding hydrogens is 282 g/mol. The van der Waals surface area contributed by atoms with Crippen LogP contribution in [-0.2, 0) is 6.42 Å². The van der Waals surface area contributed by atoms with Crippen LogP contribution >= 0.6 is 11.6 Å². The molecule has 4 heteroatoms. The van der Waals surface area contributed by atoms with Crippen molar-refractivity contribution in [3.63, 3.8) is 0 Å². The summed E-state index contributed by atoms with van der Waals surface area (Å²) < 4.78 is 0. The van der Waals surface area contributed by atoms with Crippen LogP contribution in [0.1, 0.15) is 25.3 Å². The zero-order chi connectivity index (χ0) is 15.4. The van der Waals surface area contributed by atoms with Crippen molar-refractivity contribution in [1.82, 2.24) is 4.90 Å². The van der Waals surface area contributed by atoms with Gasteiger partial charge in [0.2, 0.25) is 0 Å². The second-order valence-electron chi connectivity index (χ2n) is 6.65. The van der Waals surface area contributed by atoms with Crippen LogP contribution in [0.2, 0.25) is 5.02 Å². The van der Waals surface area contributed by atoms with Gasteiger partial charge in [-0.2, -0.15) is 0 Å². The standard InChI is InChI=1S/C17H28ClN3/c1-13(19)10-15-11-16(18)4-5-17(15)21-8-6-14(7-9-21)12-20(2)3/h4-5,11,13-14H,6-10,12,19H2,1-3H3. The third-order valence-corrected chi connectivity index (χ3v) is 4.40. The first kappa shape index (κ1) is 16.6. The first-order valence-electron chi connectivity index (χ1n) is 7.89. The summed E-state index contributed by atoms with van der Waals surface area (Å²) in [5.41, 5.74) is 8.58. The number of hydrogen-bond donors (Lipinski definition) is 1. The monoisotopic (exact) mass is 309 g/mol. The third kappa shape index (κ3) is 4.87. The van der Waals surface area contributed by atoms with Crippen LogP contribution in [-0.4, -0.2) is 44.7 Å². The van der Waals surface area contributed by atoms with E-state index in [9.17, 15) is 0 Å². The first-order chi connectivity index (χ1) is 9.95. The Labute approximate surface area is 134 Å². The molecule has 0 radical (unpaired) electrons. The number of nitrogens with two attached hydrogens (primary N) is 1. The van der Waals surface area contributed by atoms with Gasteiger partial charge in [0.1, 0.15) is 0 Å². The van der Waals surface area contributed by atoms with Crippen LogP contribution in [0.15, 0.2) is 18.2 Å². The summed E-state index contributed by atoms with van der Waals surface area (Å²) in [6, 6.07) is 6.39. The highest BCUT2D eigenvalue weighted by atomic mass is 35.5. The number of rotatable bonds is 5. The molecule has 1 atom stereocenters. The van der Waals surface area contributed by atoms with Gasteiger partial charge in [-0.25, -0.2) is 0 Å². The summed E-state index contributed by atoms with van der Waals surface area (Å²) in [4.78, 5) is 4.80. The minimum absolute atomic E-state index is 0.161. The molecule has 1 heterocycles. The Balaban J connectivity index is 2.05. The van der Waals surface area contributed by atoms with Crippen molar-refractivity contribution >= 4 is 17.3 Å². The maximum atomic E-state index is 6.15. The largest absolute Gasteiger partial charge is 0.371 e. The van der Waals surface area contributed by atoms with Gasteiger partial charge in [-0.05, 0) is 70.0 Å². The van der Waals surface area contributed by atoms with Gasteiger partial charge in [0, 0.05) is 36.4 Å². The molecule has 2 N–H and O–H groups in total. The fraction of sp³-hybridized carbons (Fsp3) is 0.647. The van der Waals surface area contributed by atoms with E-state index in [1.165, 1.54) is 30.6 Å². The van der Waals surface area contributed by atoms with Crippen molar-refractivity contribution in [2.24, 2.45) is 11.7 Å². The Hall–Kier alpha value is -0.770. The lowest BCUT2D eigenvalue weighted by molar-refractivity contribution is 0.285. The fourth-order valence-electron chi connectivity index (χ4n) is 3.25. The molecule has 0 aliphatic carbocycles. The van der Waals surface area contributed by atoms with Crippen LogP contribution in [0.4, 0.5) is 5.69 Å². The number of anilines is 1. The van der Waals surface area contributed by atoms with E-state index in [1.807, 2.05) is 13.0 Å². The number of hydrogen-bond acceptors (Lipinski definition) is 3. The molecule has 0 aromatic heterocycles. The molecule has 1 saturated heterocycles. The minimum atomic E-state index is 0.161. The molecule has 1 fully saturated rings. The van der Waals surface area contributed by atoms with Crippen LogP contribution in [0.3, 0.4) is 0 Å². The van der Waals surface area contributed by atoms with Gasteiger partial charge in [-0.15, -0.1) is 0 Å². The van der Waals surface area contributed by atoms with Crippen molar-refractivity contribution in [2.45, 2.75) is 32.2 Å². The van der Waals surface area contributed by atoms with E-state index in [0.717, 1.165) is 30.5 Å². The van der Waals surface area contributed by atoms with Crippen LogP contribution < -0.4 is 10.6 Å². The maximum absolute atomic E-state index is 6.15. The predicted molar refractivity (Wildman–Crippen MR) is 92.3 cm³/mol. The summed E-state index contributed by atoms with van der Waals surface area (Å²) in [6.07, 6.45) is 3.41. The van der Waals surface area contributed by atoms with E-state index in [2.05, 4.69) is 36.0 Å². The van der Waals surface area contributed by atoms with Gasteiger partial charge in [0.05, 0.1) is 0 Å². The molecule has 1 aliphatic rings. The third-order valence-electron chi connectivity index (χ3n) is 4.16. The molecule has 1 aliphatic heterocycles. The van der Waals surface area contributed by atoms with E-state index >= 15 is 0 Å². The smallest absolute Gasteiger partial charge is 0.0410 e. The molecule has 0 bridgehead atoms. The quantitative estimate of drug-likeness (QED) is 0.907. The molecule has 1 aromatic carbocycles. The van der Waals surface area contributed by atoms with E-state index in [1.54, 1.807) is 0 Å². The summed E-state index contributed by atoms with van der Waals surface area (Å²) in [7, 11) is 4.32. The van der Waals surface area contributed by atoms with E-state index in [-0.39, 0.29) is 6.04 Å². The Kier molecular flexibility index (Phi) is 5.91. The summed E-state index contributed by atoms with van der Waals surface area (Å²) >= 11 is 6.15. The minimum Gasteiger partial charge on any atom is -0.371 e. The van der Waals surface area contributed by atoms with Crippen molar-refractivity contribution in [1.29, 1.82) is 0 Å². The molecule has 1 unspecified atom stereocenters. The van der Waals surface area contributed by atoms with Gasteiger partial charge >= 0.3 is 0 Å². The Bertz CT molecular complexity index is 451. The Morgan fingerprint density at radius 2 is 2.00 bits per heavy atom. The topological polar surface area (TPSA) is 32.5 Å². The van der Waals surface area contributed by atoms with Gasteiger partial charge in [-0.3, -0.25) is 0 Å². The van der Waals surface area contributed by atoms with Gasteiger partial charge in [-0.1, -0.05) is 11.6 Å². The second kappa shape index (κ2) is 7.48. The van der Waals surface area contributed by atoms with Crippen molar-refractivity contribution in [2.75, 3.05) is 38.6 Å². The molecule has 0 amide bonds. The maximum Gasteiger partial charge on any atom is 0.0410 e. The molecule has 21 heavy (non-hydrogen) atoms. The first-order valence-corrected chi connectivity index (χ1v) is 8.27. The van der Waals surface area contributed by atoms with Gasteiger partial charge in [0.25, 0.3) is 0 Å². The SMILES string of the molecule is CC(N)Cc1cc(Cl)ccc1N1CCC(CN(C)C)CC1. The highest BCUT2D eigenvalue weighted by Crippen LogP contribution is 2.29. The van der Waals surface area contributed by atoms with Crippen LogP contribution in [0.25, 0.3) is 0 Å².